The zero-order valence-corrected chi connectivity index (χ0v) is 13.8. The van der Waals surface area contributed by atoms with Gasteiger partial charge in [0.2, 0.25) is 0 Å². The number of halogens is 2. The average Bonchev–Trinajstić information content (AvgIpc) is 2.42. The Bertz CT molecular complexity index is 494. The molecule has 3 atom stereocenters. The second kappa shape index (κ2) is 6.64. The second-order valence-corrected chi connectivity index (χ2v) is 7.09. The van der Waals surface area contributed by atoms with Gasteiger partial charge in [-0.25, -0.2) is 4.39 Å². The summed E-state index contributed by atoms with van der Waals surface area (Å²) >= 11 is 5.95. The van der Waals surface area contributed by atoms with E-state index in [9.17, 15) is 9.50 Å². The van der Waals surface area contributed by atoms with E-state index in [0.29, 0.717) is 22.9 Å². The molecule has 21 heavy (non-hydrogen) atoms. The first kappa shape index (κ1) is 16.7. The van der Waals surface area contributed by atoms with Gasteiger partial charge >= 0.3 is 0 Å². The van der Waals surface area contributed by atoms with E-state index in [-0.39, 0.29) is 11.4 Å². The summed E-state index contributed by atoms with van der Waals surface area (Å²) in [6.07, 6.45) is 3.92. The van der Waals surface area contributed by atoms with Crippen LogP contribution in [-0.4, -0.2) is 35.7 Å². The predicted octanol–water partition coefficient (Wildman–Crippen LogP) is 3.89. The van der Waals surface area contributed by atoms with Crippen LogP contribution >= 0.6 is 11.6 Å². The molecule has 1 N–H and O–H groups in total. The molecular formula is C17H25ClFNO. The minimum atomic E-state index is -0.594. The summed E-state index contributed by atoms with van der Waals surface area (Å²) in [5.74, 6) is 0.288. The summed E-state index contributed by atoms with van der Waals surface area (Å²) in [5.41, 5.74) is 0.223. The molecule has 118 valence electrons. The van der Waals surface area contributed by atoms with Crippen molar-refractivity contribution in [2.24, 2.45) is 5.92 Å². The van der Waals surface area contributed by atoms with Crippen LogP contribution < -0.4 is 0 Å². The fourth-order valence-corrected chi connectivity index (χ4v) is 3.86. The quantitative estimate of drug-likeness (QED) is 0.911. The third-order valence-corrected chi connectivity index (χ3v) is 5.18. The first-order valence-corrected chi connectivity index (χ1v) is 8.02. The van der Waals surface area contributed by atoms with E-state index >= 15 is 0 Å². The van der Waals surface area contributed by atoms with Crippen molar-refractivity contribution in [1.82, 2.24) is 4.90 Å². The van der Waals surface area contributed by atoms with Crippen LogP contribution in [0.15, 0.2) is 18.2 Å². The van der Waals surface area contributed by atoms with E-state index in [2.05, 4.69) is 11.8 Å². The van der Waals surface area contributed by atoms with Crippen LogP contribution in [0.4, 0.5) is 4.39 Å². The molecule has 0 spiro atoms. The van der Waals surface area contributed by atoms with Crippen molar-refractivity contribution < 1.29 is 9.50 Å². The molecule has 0 aromatic heterocycles. The van der Waals surface area contributed by atoms with E-state index in [4.69, 9.17) is 11.6 Å². The predicted molar refractivity (Wildman–Crippen MR) is 85.2 cm³/mol. The lowest BCUT2D eigenvalue weighted by molar-refractivity contribution is -0.0427. The van der Waals surface area contributed by atoms with Crippen molar-refractivity contribution in [2.75, 3.05) is 14.1 Å². The van der Waals surface area contributed by atoms with Gasteiger partial charge in [0.25, 0.3) is 0 Å². The summed E-state index contributed by atoms with van der Waals surface area (Å²) in [6.45, 7) is 2.23. The van der Waals surface area contributed by atoms with E-state index in [0.717, 1.165) is 19.3 Å². The molecule has 0 aliphatic heterocycles. The number of benzene rings is 1. The lowest BCUT2D eigenvalue weighted by Crippen LogP contribution is -2.56. The van der Waals surface area contributed by atoms with E-state index in [1.807, 2.05) is 14.1 Å². The molecule has 0 amide bonds. The van der Waals surface area contributed by atoms with Crippen molar-refractivity contribution in [3.63, 3.8) is 0 Å². The number of nitrogens with zero attached hydrogens (tertiary/aromatic N) is 1. The number of likely N-dealkylation sites (N-methyl/N-ethyl adjacent to an activating group) is 1. The van der Waals surface area contributed by atoms with Gasteiger partial charge in [0, 0.05) is 17.0 Å². The van der Waals surface area contributed by atoms with Crippen LogP contribution in [-0.2, 0) is 6.42 Å². The van der Waals surface area contributed by atoms with Gasteiger partial charge in [0.05, 0.1) is 6.10 Å². The Hall–Kier alpha value is -0.640. The second-order valence-electron chi connectivity index (χ2n) is 6.66. The minimum absolute atomic E-state index is 0.271. The van der Waals surface area contributed by atoms with Gasteiger partial charge in [-0.3, -0.25) is 0 Å². The first-order chi connectivity index (χ1) is 9.85. The number of hydrogen-bond donors (Lipinski definition) is 1. The van der Waals surface area contributed by atoms with Gasteiger partial charge in [0.15, 0.2) is 0 Å². The Morgan fingerprint density at radius 2 is 2.19 bits per heavy atom. The van der Waals surface area contributed by atoms with Crippen molar-refractivity contribution in [2.45, 2.75) is 50.7 Å². The maximum atomic E-state index is 13.9. The Kier molecular flexibility index (Phi) is 5.29. The normalized spacial score (nSPS) is 27.9. The number of rotatable bonds is 4. The van der Waals surface area contributed by atoms with Crippen LogP contribution in [0, 0.1) is 11.7 Å². The highest BCUT2D eigenvalue weighted by molar-refractivity contribution is 6.30. The lowest BCUT2D eigenvalue weighted by Gasteiger charge is -2.48. The number of aliphatic hydroxyl groups is 1. The molecule has 1 aromatic carbocycles. The molecule has 0 saturated heterocycles. The molecule has 0 heterocycles. The lowest BCUT2D eigenvalue weighted by atomic mass is 9.71. The van der Waals surface area contributed by atoms with Gasteiger partial charge < -0.3 is 10.0 Å². The number of hydrogen-bond acceptors (Lipinski definition) is 2. The van der Waals surface area contributed by atoms with Gasteiger partial charge in [-0.05, 0) is 56.6 Å². The maximum absolute atomic E-state index is 13.9. The van der Waals surface area contributed by atoms with Gasteiger partial charge in [0.1, 0.15) is 5.82 Å². The highest BCUT2D eigenvalue weighted by atomic mass is 35.5. The standard InChI is InChI=1S/C17H25ClFNO/c1-12-5-4-8-17(11-12,20(2)3)16(21)10-13-9-14(18)6-7-15(13)19/h6-7,9,12,16,21H,4-5,8,10-11H2,1-3H3. The fourth-order valence-electron chi connectivity index (χ4n) is 3.67. The summed E-state index contributed by atoms with van der Waals surface area (Å²) in [5, 5.41) is 11.3. The monoisotopic (exact) mass is 313 g/mol. The number of aliphatic hydroxyl groups excluding tert-OH is 1. The van der Waals surface area contributed by atoms with E-state index in [1.165, 1.54) is 18.6 Å². The minimum Gasteiger partial charge on any atom is -0.391 e. The molecule has 1 saturated carbocycles. The van der Waals surface area contributed by atoms with Gasteiger partial charge in [-0.2, -0.15) is 0 Å². The van der Waals surface area contributed by atoms with Crippen LogP contribution in [0.2, 0.25) is 5.02 Å². The first-order valence-electron chi connectivity index (χ1n) is 7.64. The van der Waals surface area contributed by atoms with Gasteiger partial charge in [-0.15, -0.1) is 0 Å². The molecule has 1 aliphatic carbocycles. The van der Waals surface area contributed by atoms with Crippen molar-refractivity contribution in [3.05, 3.63) is 34.6 Å². The molecular weight excluding hydrogens is 289 g/mol. The zero-order chi connectivity index (χ0) is 15.6. The molecule has 1 aliphatic rings. The Labute approximate surface area is 131 Å². The van der Waals surface area contributed by atoms with Crippen molar-refractivity contribution >= 4 is 11.6 Å². The molecule has 0 bridgehead atoms. The molecule has 1 fully saturated rings. The average molecular weight is 314 g/mol. The Morgan fingerprint density at radius 3 is 2.81 bits per heavy atom. The largest absolute Gasteiger partial charge is 0.391 e. The molecule has 2 rings (SSSR count). The third kappa shape index (κ3) is 3.58. The molecule has 1 aromatic rings. The zero-order valence-electron chi connectivity index (χ0n) is 13.1. The summed E-state index contributed by atoms with van der Waals surface area (Å²) in [4.78, 5) is 2.12. The van der Waals surface area contributed by atoms with E-state index < -0.39 is 6.10 Å². The van der Waals surface area contributed by atoms with Crippen molar-refractivity contribution in [1.29, 1.82) is 0 Å². The summed E-state index contributed by atoms with van der Waals surface area (Å²) in [6, 6.07) is 4.53. The highest BCUT2D eigenvalue weighted by Gasteiger charge is 2.43. The molecule has 2 nitrogen and oxygen atoms in total. The van der Waals surface area contributed by atoms with Crippen molar-refractivity contribution in [3.8, 4) is 0 Å². The van der Waals surface area contributed by atoms with Crippen LogP contribution in [0.5, 0.6) is 0 Å². The molecule has 0 radical (unpaired) electrons. The Morgan fingerprint density at radius 1 is 1.48 bits per heavy atom. The third-order valence-electron chi connectivity index (χ3n) is 4.94. The topological polar surface area (TPSA) is 23.5 Å². The fraction of sp³-hybridized carbons (Fsp3) is 0.647. The maximum Gasteiger partial charge on any atom is 0.126 e. The summed E-state index contributed by atoms with van der Waals surface area (Å²) < 4.78 is 13.9. The van der Waals surface area contributed by atoms with Crippen LogP contribution in [0.1, 0.15) is 38.2 Å². The van der Waals surface area contributed by atoms with Crippen LogP contribution in [0.3, 0.4) is 0 Å². The molecule has 3 unspecified atom stereocenters. The smallest absolute Gasteiger partial charge is 0.126 e. The van der Waals surface area contributed by atoms with Crippen LogP contribution in [0.25, 0.3) is 0 Å². The summed E-state index contributed by atoms with van der Waals surface area (Å²) in [7, 11) is 4.02. The van der Waals surface area contributed by atoms with Gasteiger partial charge in [-0.1, -0.05) is 31.4 Å². The Balaban J connectivity index is 2.23. The molecule has 4 heteroatoms. The highest BCUT2D eigenvalue weighted by Crippen LogP contribution is 2.39. The SMILES string of the molecule is CC1CCCC(C(O)Cc2cc(Cl)ccc2F)(N(C)C)C1. The van der Waals surface area contributed by atoms with E-state index in [1.54, 1.807) is 6.07 Å².